The van der Waals surface area contributed by atoms with Crippen LogP contribution in [-0.2, 0) is 4.89 Å². The summed E-state index contributed by atoms with van der Waals surface area (Å²) in [5, 5.41) is 9.16. The highest BCUT2D eigenvalue weighted by Gasteiger charge is 2.44. The maximum atomic E-state index is 9.16. The topological polar surface area (TPSA) is 29.5 Å². The van der Waals surface area contributed by atoms with Crippen LogP contribution in [0.1, 0.15) is 67.2 Å². The minimum atomic E-state index is -0.0800. The standard InChI is InChI=1S/C14H29O2/c1-7-9-10-12(16-15)14(6,11-8-2)13(3,4)5/h8,12,15H,7,9-11H2,1-6H3. The molecular formula is C14H29O2. The maximum absolute atomic E-state index is 9.16. The molecule has 0 fully saturated rings. The van der Waals surface area contributed by atoms with Gasteiger partial charge in [-0.05, 0) is 24.7 Å². The molecule has 0 aliphatic rings. The number of hydrogen-bond acceptors (Lipinski definition) is 2. The van der Waals surface area contributed by atoms with Crippen molar-refractivity contribution in [2.24, 2.45) is 10.8 Å². The van der Waals surface area contributed by atoms with E-state index in [-0.39, 0.29) is 16.9 Å². The Morgan fingerprint density at radius 1 is 1.25 bits per heavy atom. The highest BCUT2D eigenvalue weighted by molar-refractivity contribution is 4.95. The van der Waals surface area contributed by atoms with Gasteiger partial charge in [-0.15, -0.1) is 0 Å². The normalized spacial score (nSPS) is 18.2. The Kier molecular flexibility index (Phi) is 6.57. The van der Waals surface area contributed by atoms with Crippen molar-refractivity contribution in [2.45, 2.75) is 73.3 Å². The zero-order chi connectivity index (χ0) is 12.8. The van der Waals surface area contributed by atoms with E-state index >= 15 is 0 Å². The highest BCUT2D eigenvalue weighted by atomic mass is 17.1. The average Bonchev–Trinajstić information content (AvgIpc) is 2.17. The predicted octanol–water partition coefficient (Wildman–Crippen LogP) is 4.70. The second kappa shape index (κ2) is 6.61. The Hall–Kier alpha value is -0.0800. The first kappa shape index (κ1) is 15.9. The molecule has 16 heavy (non-hydrogen) atoms. The van der Waals surface area contributed by atoms with E-state index in [0.29, 0.717) is 0 Å². The Morgan fingerprint density at radius 2 is 1.81 bits per heavy atom. The summed E-state index contributed by atoms with van der Waals surface area (Å²) in [6.07, 6.45) is 6.21. The lowest BCUT2D eigenvalue weighted by molar-refractivity contribution is -0.314. The first-order valence-corrected chi connectivity index (χ1v) is 6.41. The monoisotopic (exact) mass is 229 g/mol. The van der Waals surface area contributed by atoms with Crippen LogP contribution in [0.15, 0.2) is 0 Å². The number of hydrogen-bond donors (Lipinski definition) is 1. The summed E-state index contributed by atoms with van der Waals surface area (Å²) in [7, 11) is 0. The van der Waals surface area contributed by atoms with Crippen LogP contribution in [0.3, 0.4) is 0 Å². The van der Waals surface area contributed by atoms with Crippen molar-refractivity contribution in [3.63, 3.8) is 0 Å². The fourth-order valence-corrected chi connectivity index (χ4v) is 2.22. The molecule has 2 heteroatoms. The van der Waals surface area contributed by atoms with Gasteiger partial charge in [0.1, 0.15) is 0 Å². The SMILES string of the molecule is C[CH]CC(C)(C(CCCC)OO)C(C)(C)C. The Morgan fingerprint density at radius 3 is 2.12 bits per heavy atom. The van der Waals surface area contributed by atoms with Gasteiger partial charge in [0, 0.05) is 5.41 Å². The summed E-state index contributed by atoms with van der Waals surface area (Å²) in [5.74, 6) is 0. The van der Waals surface area contributed by atoms with Crippen molar-refractivity contribution in [1.29, 1.82) is 0 Å². The van der Waals surface area contributed by atoms with E-state index in [1.165, 1.54) is 0 Å². The molecule has 0 saturated carbocycles. The van der Waals surface area contributed by atoms with Crippen LogP contribution in [0.2, 0.25) is 0 Å². The third kappa shape index (κ3) is 3.74. The van der Waals surface area contributed by atoms with E-state index in [2.05, 4.69) is 48.0 Å². The third-order valence-electron chi connectivity index (χ3n) is 4.00. The molecule has 0 saturated heterocycles. The van der Waals surface area contributed by atoms with E-state index in [4.69, 9.17) is 10.1 Å². The van der Waals surface area contributed by atoms with Gasteiger partial charge in [-0.2, -0.15) is 0 Å². The van der Waals surface area contributed by atoms with Gasteiger partial charge in [-0.1, -0.05) is 54.4 Å². The molecule has 0 aliphatic heterocycles. The lowest BCUT2D eigenvalue weighted by Gasteiger charge is -2.46. The van der Waals surface area contributed by atoms with E-state index < -0.39 is 0 Å². The van der Waals surface area contributed by atoms with Crippen molar-refractivity contribution in [2.75, 3.05) is 0 Å². The van der Waals surface area contributed by atoms with Crippen LogP contribution < -0.4 is 0 Å². The maximum Gasteiger partial charge on any atom is 0.0985 e. The summed E-state index contributed by atoms with van der Waals surface area (Å²) in [6, 6.07) is 0. The Bertz CT molecular complexity index is 184. The minimum absolute atomic E-state index is 0.0222. The summed E-state index contributed by atoms with van der Waals surface area (Å²) in [6.45, 7) is 13.1. The zero-order valence-electron chi connectivity index (χ0n) is 11.8. The van der Waals surface area contributed by atoms with Crippen LogP contribution in [-0.4, -0.2) is 11.4 Å². The van der Waals surface area contributed by atoms with E-state index in [1.807, 2.05) is 0 Å². The quantitative estimate of drug-likeness (QED) is 0.506. The van der Waals surface area contributed by atoms with Gasteiger partial charge >= 0.3 is 0 Å². The highest BCUT2D eigenvalue weighted by Crippen LogP contribution is 2.47. The molecule has 0 rings (SSSR count). The van der Waals surface area contributed by atoms with Crippen LogP contribution in [0.5, 0.6) is 0 Å². The molecule has 0 amide bonds. The van der Waals surface area contributed by atoms with Crippen molar-refractivity contribution < 1.29 is 10.1 Å². The van der Waals surface area contributed by atoms with Gasteiger partial charge in [-0.3, -0.25) is 5.26 Å². The summed E-state index contributed by atoms with van der Waals surface area (Å²) in [5.41, 5.74) is 0.0896. The number of rotatable bonds is 7. The van der Waals surface area contributed by atoms with E-state index in [0.717, 1.165) is 25.7 Å². The molecule has 0 aromatic rings. The molecule has 0 aromatic carbocycles. The molecule has 0 aliphatic carbocycles. The molecule has 1 radical (unpaired) electrons. The van der Waals surface area contributed by atoms with Crippen LogP contribution in [0.4, 0.5) is 0 Å². The van der Waals surface area contributed by atoms with Gasteiger partial charge in [0.25, 0.3) is 0 Å². The third-order valence-corrected chi connectivity index (χ3v) is 4.00. The lowest BCUT2D eigenvalue weighted by Crippen LogP contribution is -2.44. The molecule has 97 valence electrons. The summed E-state index contributed by atoms with van der Waals surface area (Å²) < 4.78 is 0. The molecule has 2 unspecified atom stereocenters. The summed E-state index contributed by atoms with van der Waals surface area (Å²) in [4.78, 5) is 4.78. The fraction of sp³-hybridized carbons (Fsp3) is 0.929. The van der Waals surface area contributed by atoms with Gasteiger partial charge in [0.15, 0.2) is 0 Å². The molecule has 2 atom stereocenters. The molecule has 1 N–H and O–H groups in total. The van der Waals surface area contributed by atoms with Crippen molar-refractivity contribution in [1.82, 2.24) is 0 Å². The fourth-order valence-electron chi connectivity index (χ4n) is 2.22. The number of unbranched alkanes of at least 4 members (excludes halogenated alkanes) is 1. The Labute approximate surface area is 101 Å². The van der Waals surface area contributed by atoms with Gasteiger partial charge in [0.2, 0.25) is 0 Å². The second-order valence-corrected chi connectivity index (χ2v) is 6.02. The van der Waals surface area contributed by atoms with Crippen LogP contribution in [0, 0.1) is 17.3 Å². The zero-order valence-corrected chi connectivity index (χ0v) is 11.8. The molecule has 0 heterocycles. The van der Waals surface area contributed by atoms with E-state index in [1.54, 1.807) is 0 Å². The Balaban J connectivity index is 4.83. The van der Waals surface area contributed by atoms with Gasteiger partial charge in [0.05, 0.1) is 6.10 Å². The minimum Gasteiger partial charge on any atom is -0.252 e. The molecule has 0 aromatic heterocycles. The molecule has 0 bridgehead atoms. The van der Waals surface area contributed by atoms with Gasteiger partial charge < -0.3 is 0 Å². The van der Waals surface area contributed by atoms with E-state index in [9.17, 15) is 0 Å². The van der Waals surface area contributed by atoms with Crippen molar-refractivity contribution >= 4 is 0 Å². The van der Waals surface area contributed by atoms with Crippen molar-refractivity contribution in [3.8, 4) is 0 Å². The van der Waals surface area contributed by atoms with Crippen LogP contribution in [0.25, 0.3) is 0 Å². The second-order valence-electron chi connectivity index (χ2n) is 6.02. The van der Waals surface area contributed by atoms with Crippen molar-refractivity contribution in [3.05, 3.63) is 6.42 Å². The average molecular weight is 229 g/mol. The molecule has 2 nitrogen and oxygen atoms in total. The van der Waals surface area contributed by atoms with Gasteiger partial charge in [-0.25, -0.2) is 4.89 Å². The smallest absolute Gasteiger partial charge is 0.0985 e. The molecular weight excluding hydrogens is 200 g/mol. The first-order chi connectivity index (χ1) is 7.33. The van der Waals surface area contributed by atoms with Crippen LogP contribution >= 0.6 is 0 Å². The lowest BCUT2D eigenvalue weighted by atomic mass is 9.61. The molecule has 0 spiro atoms. The first-order valence-electron chi connectivity index (χ1n) is 6.41. The largest absolute Gasteiger partial charge is 0.252 e. The summed E-state index contributed by atoms with van der Waals surface area (Å²) >= 11 is 0. The predicted molar refractivity (Wildman–Crippen MR) is 69.2 cm³/mol.